The maximum atomic E-state index is 11.7. The lowest BCUT2D eigenvalue weighted by Gasteiger charge is -2.14. The van der Waals surface area contributed by atoms with E-state index in [1.807, 2.05) is 0 Å². The van der Waals surface area contributed by atoms with Gasteiger partial charge in [-0.25, -0.2) is 0 Å². The number of nitrogens with two attached hydrogens (primary N) is 1. The van der Waals surface area contributed by atoms with Crippen LogP contribution in [0.1, 0.15) is 19.8 Å². The number of ether oxygens (including phenoxy) is 2. The number of methoxy groups -OCH3 is 1. The Kier molecular flexibility index (Phi) is 6.74. The van der Waals surface area contributed by atoms with Crippen molar-refractivity contribution in [1.29, 1.82) is 0 Å². The topological polar surface area (TPSA) is 73.6 Å². The highest BCUT2D eigenvalue weighted by Crippen LogP contribution is 2.18. The van der Waals surface area contributed by atoms with Crippen molar-refractivity contribution in [2.24, 2.45) is 5.73 Å². The van der Waals surface area contributed by atoms with Crippen LogP contribution in [0.15, 0.2) is 24.3 Å². The van der Waals surface area contributed by atoms with E-state index in [1.165, 1.54) is 0 Å². The molecule has 106 valence electrons. The summed E-state index contributed by atoms with van der Waals surface area (Å²) in [6, 6.07) is 7.14. The largest absolute Gasteiger partial charge is 0.497 e. The molecule has 0 saturated heterocycles. The summed E-state index contributed by atoms with van der Waals surface area (Å²) in [6.07, 6.45) is 1.28. The molecule has 3 N–H and O–H groups in total. The lowest BCUT2D eigenvalue weighted by Crippen LogP contribution is -2.36. The second kappa shape index (κ2) is 8.37. The minimum atomic E-state index is -0.522. The summed E-state index contributed by atoms with van der Waals surface area (Å²) in [5, 5.41) is 2.82. The molecule has 1 unspecified atom stereocenters. The summed E-state index contributed by atoms with van der Waals surface area (Å²) in [7, 11) is 1.60. The summed E-state index contributed by atoms with van der Waals surface area (Å²) in [5.74, 6) is 1.28. The van der Waals surface area contributed by atoms with Crippen LogP contribution in [-0.4, -0.2) is 32.2 Å². The van der Waals surface area contributed by atoms with E-state index >= 15 is 0 Å². The molecule has 19 heavy (non-hydrogen) atoms. The van der Waals surface area contributed by atoms with Gasteiger partial charge in [-0.3, -0.25) is 4.79 Å². The van der Waals surface area contributed by atoms with Crippen molar-refractivity contribution in [2.45, 2.75) is 25.9 Å². The van der Waals surface area contributed by atoms with Gasteiger partial charge >= 0.3 is 0 Å². The summed E-state index contributed by atoms with van der Waals surface area (Å²) >= 11 is 0. The SMILES string of the molecule is COc1ccc(OC(C)C(=O)NCCCCN)cc1. The number of hydrogen-bond donors (Lipinski definition) is 2. The van der Waals surface area contributed by atoms with E-state index in [2.05, 4.69) is 5.32 Å². The highest BCUT2D eigenvalue weighted by atomic mass is 16.5. The minimum absolute atomic E-state index is 0.118. The third-order valence-electron chi connectivity index (χ3n) is 2.67. The van der Waals surface area contributed by atoms with Crippen LogP contribution in [-0.2, 0) is 4.79 Å². The van der Waals surface area contributed by atoms with Crippen LogP contribution in [0.25, 0.3) is 0 Å². The third-order valence-corrected chi connectivity index (χ3v) is 2.67. The van der Waals surface area contributed by atoms with Gasteiger partial charge in [0.25, 0.3) is 5.91 Å². The van der Waals surface area contributed by atoms with E-state index in [-0.39, 0.29) is 5.91 Å². The Balaban J connectivity index is 2.35. The molecule has 5 nitrogen and oxygen atoms in total. The Morgan fingerprint density at radius 2 is 1.89 bits per heavy atom. The quantitative estimate of drug-likeness (QED) is 0.696. The maximum absolute atomic E-state index is 11.7. The van der Waals surface area contributed by atoms with Crippen molar-refractivity contribution in [3.8, 4) is 11.5 Å². The molecule has 0 fully saturated rings. The van der Waals surface area contributed by atoms with Crippen LogP contribution in [0.2, 0.25) is 0 Å². The first-order valence-electron chi connectivity index (χ1n) is 6.46. The second-order valence-electron chi connectivity index (χ2n) is 4.22. The first-order valence-corrected chi connectivity index (χ1v) is 6.46. The fourth-order valence-electron chi connectivity index (χ4n) is 1.54. The smallest absolute Gasteiger partial charge is 0.260 e. The predicted molar refractivity (Wildman–Crippen MR) is 74.4 cm³/mol. The molecule has 0 aliphatic carbocycles. The number of nitrogens with one attached hydrogen (secondary N) is 1. The molecular formula is C14H22N2O3. The average molecular weight is 266 g/mol. The molecule has 0 saturated carbocycles. The molecule has 0 aliphatic heterocycles. The zero-order chi connectivity index (χ0) is 14.1. The fraction of sp³-hybridized carbons (Fsp3) is 0.500. The van der Waals surface area contributed by atoms with Crippen molar-refractivity contribution in [3.63, 3.8) is 0 Å². The van der Waals surface area contributed by atoms with E-state index in [9.17, 15) is 4.79 Å². The van der Waals surface area contributed by atoms with Crippen LogP contribution < -0.4 is 20.5 Å². The highest BCUT2D eigenvalue weighted by molar-refractivity contribution is 5.80. The Bertz CT molecular complexity index is 379. The molecule has 0 heterocycles. The summed E-state index contributed by atoms with van der Waals surface area (Å²) in [4.78, 5) is 11.7. The van der Waals surface area contributed by atoms with Crippen molar-refractivity contribution in [3.05, 3.63) is 24.3 Å². The number of carbonyl (C=O) groups excluding carboxylic acids is 1. The van der Waals surface area contributed by atoms with Gasteiger partial charge in [0.05, 0.1) is 7.11 Å². The number of unbranched alkanes of at least 4 members (excludes halogenated alkanes) is 1. The first kappa shape index (κ1) is 15.3. The van der Waals surface area contributed by atoms with Gasteiger partial charge in [0.2, 0.25) is 0 Å². The van der Waals surface area contributed by atoms with Crippen LogP contribution >= 0.6 is 0 Å². The van der Waals surface area contributed by atoms with Gasteiger partial charge in [0, 0.05) is 6.54 Å². The molecule has 0 aliphatic rings. The van der Waals surface area contributed by atoms with Gasteiger partial charge in [0.15, 0.2) is 6.10 Å². The summed E-state index contributed by atoms with van der Waals surface area (Å²) in [6.45, 7) is 3.00. The molecule has 0 spiro atoms. The molecular weight excluding hydrogens is 244 g/mol. The van der Waals surface area contributed by atoms with Gasteiger partial charge in [-0.2, -0.15) is 0 Å². The third kappa shape index (κ3) is 5.61. The standard InChI is InChI=1S/C14H22N2O3/c1-11(14(17)16-10-4-3-9-15)19-13-7-5-12(18-2)6-8-13/h5-8,11H,3-4,9-10,15H2,1-2H3,(H,16,17). The molecule has 1 atom stereocenters. The Morgan fingerprint density at radius 1 is 1.26 bits per heavy atom. The average Bonchev–Trinajstić information content (AvgIpc) is 2.44. The van der Waals surface area contributed by atoms with Gasteiger partial charge in [0.1, 0.15) is 11.5 Å². The van der Waals surface area contributed by atoms with Crippen LogP contribution in [0, 0.1) is 0 Å². The van der Waals surface area contributed by atoms with Gasteiger partial charge < -0.3 is 20.5 Å². The van der Waals surface area contributed by atoms with Gasteiger partial charge in [-0.05, 0) is 50.6 Å². The number of rotatable bonds is 8. The monoisotopic (exact) mass is 266 g/mol. The first-order chi connectivity index (χ1) is 9.17. The van der Waals surface area contributed by atoms with Crippen molar-refractivity contribution >= 4 is 5.91 Å². The normalized spacial score (nSPS) is 11.7. The predicted octanol–water partition coefficient (Wildman–Crippen LogP) is 1.32. The molecule has 1 aromatic carbocycles. The molecule has 1 aromatic rings. The maximum Gasteiger partial charge on any atom is 0.260 e. The van der Waals surface area contributed by atoms with E-state index in [1.54, 1.807) is 38.3 Å². The number of carbonyl (C=O) groups is 1. The zero-order valence-electron chi connectivity index (χ0n) is 11.5. The van der Waals surface area contributed by atoms with Gasteiger partial charge in [-0.1, -0.05) is 0 Å². The van der Waals surface area contributed by atoms with Crippen LogP contribution in [0.4, 0.5) is 0 Å². The van der Waals surface area contributed by atoms with Gasteiger partial charge in [-0.15, -0.1) is 0 Å². The summed E-state index contributed by atoms with van der Waals surface area (Å²) in [5.41, 5.74) is 5.38. The molecule has 5 heteroatoms. The molecule has 0 bridgehead atoms. The Hall–Kier alpha value is -1.75. The minimum Gasteiger partial charge on any atom is -0.497 e. The lowest BCUT2D eigenvalue weighted by atomic mass is 10.3. The van der Waals surface area contributed by atoms with E-state index < -0.39 is 6.10 Å². The van der Waals surface area contributed by atoms with Crippen LogP contribution in [0.5, 0.6) is 11.5 Å². The number of hydrogen-bond acceptors (Lipinski definition) is 4. The Labute approximate surface area is 114 Å². The highest BCUT2D eigenvalue weighted by Gasteiger charge is 2.13. The van der Waals surface area contributed by atoms with Crippen molar-refractivity contribution < 1.29 is 14.3 Å². The number of amides is 1. The van der Waals surface area contributed by atoms with E-state index in [0.717, 1.165) is 18.6 Å². The second-order valence-corrected chi connectivity index (χ2v) is 4.22. The van der Waals surface area contributed by atoms with E-state index in [4.69, 9.17) is 15.2 Å². The fourth-order valence-corrected chi connectivity index (χ4v) is 1.54. The van der Waals surface area contributed by atoms with Crippen molar-refractivity contribution in [2.75, 3.05) is 20.2 Å². The molecule has 1 rings (SSSR count). The van der Waals surface area contributed by atoms with Crippen LogP contribution in [0.3, 0.4) is 0 Å². The zero-order valence-corrected chi connectivity index (χ0v) is 11.5. The number of benzene rings is 1. The molecule has 0 radical (unpaired) electrons. The van der Waals surface area contributed by atoms with E-state index in [0.29, 0.717) is 18.8 Å². The van der Waals surface area contributed by atoms with Crippen molar-refractivity contribution in [1.82, 2.24) is 5.32 Å². The molecule has 1 amide bonds. The molecule has 0 aromatic heterocycles. The summed E-state index contributed by atoms with van der Waals surface area (Å²) < 4.78 is 10.6. The Morgan fingerprint density at radius 3 is 2.47 bits per heavy atom. The lowest BCUT2D eigenvalue weighted by molar-refractivity contribution is -0.127.